The lowest BCUT2D eigenvalue weighted by Crippen LogP contribution is -2.14. The van der Waals surface area contributed by atoms with Crippen LogP contribution in [0.1, 0.15) is 50.1 Å². The summed E-state index contributed by atoms with van der Waals surface area (Å²) in [5.41, 5.74) is 12.3. The van der Waals surface area contributed by atoms with Crippen molar-refractivity contribution in [1.82, 2.24) is 0 Å². The molecule has 4 aromatic rings. The van der Waals surface area contributed by atoms with Crippen LogP contribution in [0.4, 0.5) is 0 Å². The first-order chi connectivity index (χ1) is 16.1. The Balaban J connectivity index is 2.37. The molecule has 0 unspecified atom stereocenters. The molecule has 0 spiro atoms. The molecule has 0 heterocycles. The van der Waals surface area contributed by atoms with Crippen molar-refractivity contribution in [3.63, 3.8) is 0 Å². The minimum absolute atomic E-state index is 1.33. The number of rotatable bonds is 4. The molecule has 0 fully saturated rings. The highest BCUT2D eigenvalue weighted by Gasteiger charge is 2.40. The number of hydrogen-bond acceptors (Lipinski definition) is 0. The van der Waals surface area contributed by atoms with Gasteiger partial charge in [0.1, 0.15) is 0 Å². The van der Waals surface area contributed by atoms with Crippen molar-refractivity contribution in [2.24, 2.45) is 0 Å². The van der Waals surface area contributed by atoms with E-state index in [1.165, 1.54) is 69.7 Å². The van der Waals surface area contributed by atoms with Gasteiger partial charge in [-0.25, -0.2) is 0 Å². The van der Waals surface area contributed by atoms with Crippen LogP contribution >= 0.6 is 10.0 Å². The predicted octanol–water partition coefficient (Wildman–Crippen LogP) is 9.80. The molecule has 4 aromatic carbocycles. The fourth-order valence-corrected chi connectivity index (χ4v) is 11.4. The van der Waals surface area contributed by atoms with Gasteiger partial charge in [0.15, 0.2) is 0 Å². The van der Waals surface area contributed by atoms with Crippen LogP contribution in [-0.4, -0.2) is 0 Å². The summed E-state index contributed by atoms with van der Waals surface area (Å²) in [6, 6.07) is 25.6. The summed E-state index contributed by atoms with van der Waals surface area (Å²) in [7, 11) is -1.75. The second-order valence-electron chi connectivity index (χ2n) is 10.1. The summed E-state index contributed by atoms with van der Waals surface area (Å²) >= 11 is 0. The predicted molar refractivity (Wildman–Crippen MR) is 149 cm³/mol. The molecule has 0 saturated heterocycles. The molecule has 1 heteroatoms. The van der Waals surface area contributed by atoms with Crippen LogP contribution in [0.5, 0.6) is 0 Å². The Labute approximate surface area is 208 Å². The molecule has 0 aromatic heterocycles. The van der Waals surface area contributed by atoms with Crippen molar-refractivity contribution in [2.45, 2.75) is 81.9 Å². The lowest BCUT2D eigenvalue weighted by molar-refractivity contribution is 1.07. The molecule has 4 rings (SSSR count). The molecule has 176 valence electrons. The SMILES string of the molecule is Cc1cc(C)c(S(c2ccccc2)(c2c(C)cc(C)cc2C)c2c(C)cc(C)cc2C)c(C)c1. The van der Waals surface area contributed by atoms with Gasteiger partial charge in [0.2, 0.25) is 0 Å². The maximum atomic E-state index is 2.38. The van der Waals surface area contributed by atoms with Gasteiger partial charge in [-0.2, -0.15) is 0 Å². The van der Waals surface area contributed by atoms with Crippen LogP contribution in [0.3, 0.4) is 0 Å². The van der Waals surface area contributed by atoms with Gasteiger partial charge in [-0.3, -0.25) is 0 Å². The normalized spacial score (nSPS) is 12.1. The molecule has 34 heavy (non-hydrogen) atoms. The summed E-state index contributed by atoms with van der Waals surface area (Å²) in [6.45, 7) is 20.6. The van der Waals surface area contributed by atoms with Crippen LogP contribution in [0.15, 0.2) is 86.3 Å². The molecule has 0 aliphatic carbocycles. The van der Waals surface area contributed by atoms with E-state index in [4.69, 9.17) is 0 Å². The molecule has 0 atom stereocenters. The average Bonchev–Trinajstić information content (AvgIpc) is 2.71. The first-order valence-electron chi connectivity index (χ1n) is 12.2. The Bertz CT molecular complexity index is 1170. The monoisotopic (exact) mass is 466 g/mol. The molecular weight excluding hydrogens is 428 g/mol. The van der Waals surface area contributed by atoms with Crippen molar-refractivity contribution in [3.05, 3.63) is 117 Å². The van der Waals surface area contributed by atoms with E-state index in [1.807, 2.05) is 0 Å². The van der Waals surface area contributed by atoms with Crippen LogP contribution < -0.4 is 0 Å². The fourth-order valence-electron chi connectivity index (χ4n) is 6.23. The van der Waals surface area contributed by atoms with E-state index in [9.17, 15) is 0 Å². The van der Waals surface area contributed by atoms with Gasteiger partial charge >= 0.3 is 0 Å². The zero-order chi connectivity index (χ0) is 24.8. The highest BCUT2D eigenvalue weighted by Crippen LogP contribution is 2.77. The third-order valence-corrected chi connectivity index (χ3v) is 11.6. The highest BCUT2D eigenvalue weighted by atomic mass is 32.3. The van der Waals surface area contributed by atoms with Crippen molar-refractivity contribution < 1.29 is 0 Å². The second kappa shape index (κ2) is 9.12. The zero-order valence-electron chi connectivity index (χ0n) is 22.3. The molecule has 0 saturated carbocycles. The van der Waals surface area contributed by atoms with E-state index in [0.717, 1.165) is 0 Å². The van der Waals surface area contributed by atoms with Gasteiger partial charge in [0, 0.05) is 19.6 Å². The Morgan fingerprint density at radius 2 is 0.647 bits per heavy atom. The van der Waals surface area contributed by atoms with E-state index in [1.54, 1.807) is 0 Å². The second-order valence-corrected chi connectivity index (χ2v) is 13.0. The lowest BCUT2D eigenvalue weighted by atomic mass is 10.1. The molecule has 0 radical (unpaired) electrons. The smallest absolute Gasteiger partial charge is 0.00820 e. The van der Waals surface area contributed by atoms with Gasteiger partial charge in [-0.1, -0.05) is 71.3 Å². The summed E-state index contributed by atoms with van der Waals surface area (Å²) < 4.78 is 0. The number of aryl methyl sites for hydroxylation is 9. The molecule has 0 N–H and O–H groups in total. The third kappa shape index (κ3) is 3.91. The van der Waals surface area contributed by atoms with E-state index in [2.05, 4.69) is 129 Å². The van der Waals surface area contributed by atoms with Crippen LogP contribution in [0.2, 0.25) is 0 Å². The fraction of sp³-hybridized carbons (Fsp3) is 0.273. The van der Waals surface area contributed by atoms with Crippen molar-refractivity contribution in [2.75, 3.05) is 0 Å². The summed E-state index contributed by atoms with van der Waals surface area (Å²) in [5.74, 6) is 0. The van der Waals surface area contributed by atoms with Crippen LogP contribution in [0, 0.1) is 62.3 Å². The molecular formula is C33H38S. The minimum Gasteiger partial charge on any atom is -0.131 e. The average molecular weight is 467 g/mol. The Hall–Kier alpha value is -2.77. The standard InChI is InChI=1S/C33H38S/c1-21-15-24(4)31(25(5)16-21)34(30-13-11-10-12-14-30,32-26(6)17-22(2)18-27(32)7)33-28(8)19-23(3)20-29(33)9/h10-20H,1-9H3. The lowest BCUT2D eigenvalue weighted by Gasteiger charge is -2.47. The highest BCUT2D eigenvalue weighted by molar-refractivity contribution is 8.34. The van der Waals surface area contributed by atoms with Gasteiger partial charge in [0.25, 0.3) is 0 Å². The topological polar surface area (TPSA) is 0 Å². The number of hydrogen-bond donors (Lipinski definition) is 0. The Kier molecular flexibility index (Phi) is 6.53. The maximum absolute atomic E-state index is 2.38. The van der Waals surface area contributed by atoms with E-state index < -0.39 is 10.0 Å². The van der Waals surface area contributed by atoms with E-state index >= 15 is 0 Å². The minimum atomic E-state index is -1.75. The van der Waals surface area contributed by atoms with Crippen LogP contribution in [-0.2, 0) is 0 Å². The summed E-state index contributed by atoms with van der Waals surface area (Å²) in [4.78, 5) is 5.90. The maximum Gasteiger partial charge on any atom is 0.00820 e. The molecule has 0 aliphatic rings. The first-order valence-corrected chi connectivity index (χ1v) is 13.8. The van der Waals surface area contributed by atoms with Crippen molar-refractivity contribution in [3.8, 4) is 0 Å². The van der Waals surface area contributed by atoms with Gasteiger partial charge < -0.3 is 0 Å². The zero-order valence-corrected chi connectivity index (χ0v) is 23.1. The van der Waals surface area contributed by atoms with E-state index in [-0.39, 0.29) is 0 Å². The largest absolute Gasteiger partial charge is 0.131 e. The first kappa shape index (κ1) is 24.4. The summed E-state index contributed by atoms with van der Waals surface area (Å²) in [5, 5.41) is 0. The van der Waals surface area contributed by atoms with Crippen molar-refractivity contribution >= 4 is 10.0 Å². The molecule has 0 nitrogen and oxygen atoms in total. The van der Waals surface area contributed by atoms with Gasteiger partial charge in [-0.15, -0.1) is 10.0 Å². The Morgan fingerprint density at radius 1 is 0.382 bits per heavy atom. The van der Waals surface area contributed by atoms with Gasteiger partial charge in [-0.05, 0) is 108 Å². The van der Waals surface area contributed by atoms with Gasteiger partial charge in [0.05, 0.1) is 0 Å². The van der Waals surface area contributed by atoms with Crippen LogP contribution in [0.25, 0.3) is 0 Å². The molecule has 0 amide bonds. The number of benzene rings is 4. The summed E-state index contributed by atoms with van der Waals surface area (Å²) in [6.07, 6.45) is 0. The van der Waals surface area contributed by atoms with E-state index in [0.29, 0.717) is 0 Å². The van der Waals surface area contributed by atoms with Crippen molar-refractivity contribution in [1.29, 1.82) is 0 Å². The Morgan fingerprint density at radius 3 is 0.912 bits per heavy atom. The third-order valence-electron chi connectivity index (χ3n) is 6.83. The quantitative estimate of drug-likeness (QED) is 0.281. The molecule has 0 aliphatic heterocycles. The molecule has 0 bridgehead atoms.